The fourth-order valence-electron chi connectivity index (χ4n) is 1.92. The van der Waals surface area contributed by atoms with Crippen molar-refractivity contribution in [3.63, 3.8) is 0 Å². The Kier molecular flexibility index (Phi) is 4.52. The zero-order valence-electron chi connectivity index (χ0n) is 12.3. The summed E-state index contributed by atoms with van der Waals surface area (Å²) in [6.45, 7) is 6.67. The van der Waals surface area contributed by atoms with Crippen LogP contribution in [0.5, 0.6) is 5.75 Å². The molecule has 0 amide bonds. The molecule has 1 aromatic heterocycles. The topological polar surface area (TPSA) is 73.2 Å². The maximum atomic E-state index is 12.4. The van der Waals surface area contributed by atoms with E-state index < -0.39 is 10.0 Å². The summed E-state index contributed by atoms with van der Waals surface area (Å²) < 4.78 is 34.2. The van der Waals surface area contributed by atoms with Gasteiger partial charge in [0.15, 0.2) is 0 Å². The lowest BCUT2D eigenvalue weighted by molar-refractivity contribution is 0.340. The van der Waals surface area contributed by atoms with E-state index in [0.29, 0.717) is 30.3 Å². The Morgan fingerprint density at radius 3 is 2.43 bits per heavy atom. The number of aryl methyl sites for hydroxylation is 2. The Morgan fingerprint density at radius 1 is 1.24 bits per heavy atom. The van der Waals surface area contributed by atoms with Gasteiger partial charge in [-0.1, -0.05) is 0 Å². The molecule has 0 bridgehead atoms. The summed E-state index contributed by atoms with van der Waals surface area (Å²) in [6, 6.07) is 6.79. The second kappa shape index (κ2) is 6.17. The Morgan fingerprint density at radius 2 is 1.90 bits per heavy atom. The van der Waals surface area contributed by atoms with E-state index in [0.717, 1.165) is 0 Å². The summed E-state index contributed by atoms with van der Waals surface area (Å²) in [5, 5.41) is 4.15. The lowest BCUT2D eigenvalue weighted by Gasteiger charge is -2.08. The Bertz CT molecular complexity index is 706. The van der Waals surface area contributed by atoms with Crippen molar-refractivity contribution in [2.24, 2.45) is 0 Å². The van der Waals surface area contributed by atoms with Crippen LogP contribution in [0.15, 0.2) is 35.4 Å². The van der Waals surface area contributed by atoms with Crippen molar-refractivity contribution < 1.29 is 13.2 Å². The highest BCUT2D eigenvalue weighted by molar-refractivity contribution is 7.92. The van der Waals surface area contributed by atoms with Crippen molar-refractivity contribution in [2.45, 2.75) is 32.2 Å². The summed E-state index contributed by atoms with van der Waals surface area (Å²) in [5.74, 6) is 0.704. The number of rotatable bonds is 6. The van der Waals surface area contributed by atoms with Gasteiger partial charge < -0.3 is 4.74 Å². The largest absolute Gasteiger partial charge is 0.494 e. The van der Waals surface area contributed by atoms with E-state index in [4.69, 9.17) is 4.74 Å². The van der Waals surface area contributed by atoms with Crippen LogP contribution < -0.4 is 9.46 Å². The highest BCUT2D eigenvalue weighted by atomic mass is 32.2. The highest BCUT2D eigenvalue weighted by Gasteiger charge is 2.20. The van der Waals surface area contributed by atoms with Gasteiger partial charge >= 0.3 is 0 Å². The minimum absolute atomic E-state index is 0.193. The number of hydrogen-bond acceptors (Lipinski definition) is 4. The minimum atomic E-state index is -3.63. The lowest BCUT2D eigenvalue weighted by Crippen LogP contribution is -2.13. The number of hydrogen-bond donors (Lipinski definition) is 1. The number of nitrogens with one attached hydrogen (secondary N) is 1. The summed E-state index contributed by atoms with van der Waals surface area (Å²) in [5.41, 5.74) is 0.970. The van der Waals surface area contributed by atoms with Gasteiger partial charge in [-0.2, -0.15) is 5.10 Å². The molecular weight excluding hydrogens is 290 g/mol. The van der Waals surface area contributed by atoms with Gasteiger partial charge in [0, 0.05) is 18.4 Å². The smallest absolute Gasteiger partial charge is 0.265 e. The van der Waals surface area contributed by atoms with Crippen LogP contribution in [0.2, 0.25) is 0 Å². The number of nitrogens with zero attached hydrogens (tertiary/aromatic N) is 2. The van der Waals surface area contributed by atoms with Gasteiger partial charge in [0.2, 0.25) is 0 Å². The Balaban J connectivity index is 2.22. The summed E-state index contributed by atoms with van der Waals surface area (Å²) in [6.07, 6.45) is 1.53. The molecule has 0 saturated heterocycles. The third kappa shape index (κ3) is 3.55. The lowest BCUT2D eigenvalue weighted by atomic mass is 10.3. The predicted octanol–water partition coefficient (Wildman–Crippen LogP) is 2.41. The summed E-state index contributed by atoms with van der Waals surface area (Å²) in [4.78, 5) is 0.193. The Hall–Kier alpha value is -2.02. The van der Waals surface area contributed by atoms with Crippen LogP contribution in [0.3, 0.4) is 0 Å². The van der Waals surface area contributed by atoms with Gasteiger partial charge in [-0.3, -0.25) is 9.40 Å². The molecule has 0 saturated carbocycles. The molecule has 6 nitrogen and oxygen atoms in total. The first-order valence-corrected chi connectivity index (χ1v) is 8.24. The molecule has 0 atom stereocenters. The molecule has 0 spiro atoms. The number of ether oxygens (including phenoxy) is 1. The first kappa shape index (κ1) is 15.4. The van der Waals surface area contributed by atoms with Crippen LogP contribution in [-0.2, 0) is 16.6 Å². The summed E-state index contributed by atoms with van der Waals surface area (Å²) >= 11 is 0. The quantitative estimate of drug-likeness (QED) is 0.889. The first-order valence-electron chi connectivity index (χ1n) is 6.76. The van der Waals surface area contributed by atoms with Gasteiger partial charge in [-0.15, -0.1) is 0 Å². The zero-order chi connectivity index (χ0) is 15.5. The van der Waals surface area contributed by atoms with Crippen LogP contribution >= 0.6 is 0 Å². The van der Waals surface area contributed by atoms with Crippen molar-refractivity contribution in [3.05, 3.63) is 36.2 Å². The Labute approximate surface area is 124 Å². The molecule has 1 N–H and O–H groups in total. The molecule has 0 fully saturated rings. The minimum Gasteiger partial charge on any atom is -0.494 e. The molecule has 7 heteroatoms. The second-order valence-electron chi connectivity index (χ2n) is 4.50. The van der Waals surface area contributed by atoms with Crippen molar-refractivity contribution in [2.75, 3.05) is 11.3 Å². The summed E-state index contributed by atoms with van der Waals surface area (Å²) in [7, 11) is -3.63. The third-order valence-electron chi connectivity index (χ3n) is 2.93. The van der Waals surface area contributed by atoms with E-state index in [1.165, 1.54) is 6.20 Å². The second-order valence-corrected chi connectivity index (χ2v) is 6.15. The molecule has 2 aromatic rings. The van der Waals surface area contributed by atoms with Crippen LogP contribution in [0.4, 0.5) is 5.69 Å². The van der Waals surface area contributed by atoms with Crippen molar-refractivity contribution in [1.82, 2.24) is 9.78 Å². The van der Waals surface area contributed by atoms with Gasteiger partial charge in [-0.25, -0.2) is 8.42 Å². The van der Waals surface area contributed by atoms with E-state index >= 15 is 0 Å². The van der Waals surface area contributed by atoms with Crippen molar-refractivity contribution in [1.29, 1.82) is 0 Å². The maximum absolute atomic E-state index is 12.4. The van der Waals surface area contributed by atoms with Gasteiger partial charge in [0.1, 0.15) is 10.6 Å². The molecule has 114 valence electrons. The average molecular weight is 309 g/mol. The molecular formula is C14H19N3O3S. The van der Waals surface area contributed by atoms with Gasteiger partial charge in [-0.05, 0) is 45.0 Å². The van der Waals surface area contributed by atoms with E-state index in [-0.39, 0.29) is 4.90 Å². The van der Waals surface area contributed by atoms with E-state index in [1.807, 2.05) is 13.8 Å². The molecule has 0 aliphatic carbocycles. The number of sulfonamides is 1. The van der Waals surface area contributed by atoms with Crippen LogP contribution in [0, 0.1) is 6.92 Å². The molecule has 0 aliphatic rings. The van der Waals surface area contributed by atoms with Crippen LogP contribution in [0.1, 0.15) is 19.5 Å². The number of anilines is 1. The fourth-order valence-corrected chi connectivity index (χ4v) is 3.17. The first-order chi connectivity index (χ1) is 9.96. The van der Waals surface area contributed by atoms with Crippen LogP contribution in [0.25, 0.3) is 0 Å². The SMILES string of the molecule is CCOc1ccc(NS(=O)(=O)c2cn(CC)nc2C)cc1. The highest BCUT2D eigenvalue weighted by Crippen LogP contribution is 2.21. The van der Waals surface area contributed by atoms with Crippen molar-refractivity contribution in [3.8, 4) is 5.75 Å². The number of benzene rings is 1. The van der Waals surface area contributed by atoms with E-state index in [9.17, 15) is 8.42 Å². The fraction of sp³-hybridized carbons (Fsp3) is 0.357. The van der Waals surface area contributed by atoms with Crippen LogP contribution in [-0.4, -0.2) is 24.8 Å². The molecule has 0 aliphatic heterocycles. The predicted molar refractivity (Wildman–Crippen MR) is 81.1 cm³/mol. The van der Waals surface area contributed by atoms with Gasteiger partial charge in [0.05, 0.1) is 12.3 Å². The van der Waals surface area contributed by atoms with E-state index in [1.54, 1.807) is 35.9 Å². The molecule has 21 heavy (non-hydrogen) atoms. The molecule has 0 radical (unpaired) electrons. The third-order valence-corrected chi connectivity index (χ3v) is 4.42. The molecule has 0 unspecified atom stereocenters. The van der Waals surface area contributed by atoms with E-state index in [2.05, 4.69) is 9.82 Å². The van der Waals surface area contributed by atoms with Gasteiger partial charge in [0.25, 0.3) is 10.0 Å². The molecule has 1 aromatic carbocycles. The average Bonchev–Trinajstić information content (AvgIpc) is 2.83. The normalized spacial score (nSPS) is 11.4. The zero-order valence-corrected chi connectivity index (χ0v) is 13.1. The standard InChI is InChI=1S/C14H19N3O3S/c1-4-17-10-14(11(3)15-17)21(18,19)16-12-6-8-13(9-7-12)20-5-2/h6-10,16H,4-5H2,1-3H3. The number of aromatic nitrogens is 2. The molecule has 1 heterocycles. The molecule has 2 rings (SSSR count). The monoisotopic (exact) mass is 309 g/mol. The van der Waals surface area contributed by atoms with Crippen molar-refractivity contribution >= 4 is 15.7 Å². The maximum Gasteiger partial charge on any atom is 0.265 e.